The van der Waals surface area contributed by atoms with E-state index < -0.39 is 23.8 Å². The molecule has 1 unspecified atom stereocenters. The lowest BCUT2D eigenvalue weighted by Gasteiger charge is -2.24. The van der Waals surface area contributed by atoms with Gasteiger partial charge in [-0.3, -0.25) is 0 Å². The summed E-state index contributed by atoms with van der Waals surface area (Å²) in [6, 6.07) is 3.67. The highest BCUT2D eigenvalue weighted by Gasteiger charge is 2.23. The van der Waals surface area contributed by atoms with E-state index in [2.05, 4.69) is 10.6 Å². The van der Waals surface area contributed by atoms with Gasteiger partial charge in [0.25, 0.3) is 0 Å². The molecular weight excluding hydrogens is 329 g/mol. The SMILES string of the molecule is CC(C)(C)OC(=O)NC(CNC(N)=O)c1cccc(Cl)c1Cl. The van der Waals surface area contributed by atoms with Gasteiger partial charge in [0.1, 0.15) is 5.60 Å². The van der Waals surface area contributed by atoms with Gasteiger partial charge in [0.05, 0.1) is 16.1 Å². The molecule has 0 fully saturated rings. The minimum atomic E-state index is -0.714. The molecule has 0 aliphatic rings. The number of alkyl carbamates (subject to hydrolysis) is 1. The van der Waals surface area contributed by atoms with Crippen molar-refractivity contribution in [2.45, 2.75) is 32.4 Å². The first-order valence-corrected chi connectivity index (χ1v) is 7.32. The molecule has 1 aromatic carbocycles. The van der Waals surface area contributed by atoms with Crippen molar-refractivity contribution in [1.29, 1.82) is 0 Å². The highest BCUT2D eigenvalue weighted by Crippen LogP contribution is 2.30. The first-order chi connectivity index (χ1) is 10.1. The van der Waals surface area contributed by atoms with Crippen LogP contribution >= 0.6 is 23.2 Å². The quantitative estimate of drug-likeness (QED) is 0.780. The lowest BCUT2D eigenvalue weighted by molar-refractivity contribution is 0.0503. The number of benzene rings is 1. The Morgan fingerprint density at radius 3 is 2.50 bits per heavy atom. The topological polar surface area (TPSA) is 93.4 Å². The van der Waals surface area contributed by atoms with E-state index >= 15 is 0 Å². The number of carbonyl (C=O) groups excluding carboxylic acids is 2. The summed E-state index contributed by atoms with van der Waals surface area (Å²) in [6.07, 6.45) is -0.639. The van der Waals surface area contributed by atoms with Gasteiger partial charge in [0.15, 0.2) is 0 Å². The number of primary amides is 1. The predicted molar refractivity (Wildman–Crippen MR) is 86.2 cm³/mol. The highest BCUT2D eigenvalue weighted by molar-refractivity contribution is 6.42. The third-order valence-electron chi connectivity index (χ3n) is 2.53. The molecule has 0 saturated heterocycles. The molecule has 0 radical (unpaired) electrons. The zero-order chi connectivity index (χ0) is 16.9. The lowest BCUT2D eigenvalue weighted by atomic mass is 10.1. The summed E-state index contributed by atoms with van der Waals surface area (Å²) >= 11 is 12.1. The van der Waals surface area contributed by atoms with Gasteiger partial charge in [0, 0.05) is 6.54 Å². The van der Waals surface area contributed by atoms with Gasteiger partial charge >= 0.3 is 12.1 Å². The van der Waals surface area contributed by atoms with Crippen LogP contribution in [0.3, 0.4) is 0 Å². The van der Waals surface area contributed by atoms with Crippen LogP contribution in [0.4, 0.5) is 9.59 Å². The number of hydrogen-bond acceptors (Lipinski definition) is 3. The molecule has 4 N–H and O–H groups in total. The number of ether oxygens (including phenoxy) is 1. The molecule has 0 spiro atoms. The van der Waals surface area contributed by atoms with Crippen LogP contribution in [0.1, 0.15) is 32.4 Å². The average Bonchev–Trinajstić information content (AvgIpc) is 2.35. The van der Waals surface area contributed by atoms with Crippen LogP contribution in [0.2, 0.25) is 10.0 Å². The van der Waals surface area contributed by atoms with Crippen molar-refractivity contribution < 1.29 is 14.3 Å². The van der Waals surface area contributed by atoms with E-state index in [9.17, 15) is 9.59 Å². The molecule has 0 aliphatic heterocycles. The van der Waals surface area contributed by atoms with E-state index in [0.29, 0.717) is 10.6 Å². The molecule has 1 aromatic rings. The van der Waals surface area contributed by atoms with E-state index in [1.54, 1.807) is 39.0 Å². The molecule has 6 nitrogen and oxygen atoms in total. The first kappa shape index (κ1) is 18.4. The molecule has 8 heteroatoms. The fourth-order valence-electron chi connectivity index (χ4n) is 1.68. The monoisotopic (exact) mass is 347 g/mol. The second kappa shape index (κ2) is 7.56. The molecule has 0 saturated carbocycles. The molecule has 1 atom stereocenters. The summed E-state index contributed by atoms with van der Waals surface area (Å²) < 4.78 is 5.20. The molecule has 122 valence electrons. The number of urea groups is 1. The number of amides is 3. The summed E-state index contributed by atoms with van der Waals surface area (Å²) in [5.41, 5.74) is 4.97. The van der Waals surface area contributed by atoms with Gasteiger partial charge in [-0.2, -0.15) is 0 Å². The van der Waals surface area contributed by atoms with Gasteiger partial charge in [-0.05, 0) is 32.4 Å². The highest BCUT2D eigenvalue weighted by atomic mass is 35.5. The predicted octanol–water partition coefficient (Wildman–Crippen LogP) is 3.23. The van der Waals surface area contributed by atoms with Gasteiger partial charge < -0.3 is 21.1 Å². The number of nitrogens with one attached hydrogen (secondary N) is 2. The lowest BCUT2D eigenvalue weighted by Crippen LogP contribution is -2.41. The van der Waals surface area contributed by atoms with Crippen LogP contribution < -0.4 is 16.4 Å². The second-order valence-electron chi connectivity index (χ2n) is 5.59. The Hall–Kier alpha value is -1.66. The molecule has 0 heterocycles. The van der Waals surface area contributed by atoms with Crippen molar-refractivity contribution in [2.24, 2.45) is 5.73 Å². The van der Waals surface area contributed by atoms with Crippen molar-refractivity contribution in [3.63, 3.8) is 0 Å². The van der Waals surface area contributed by atoms with Crippen LogP contribution in [0.25, 0.3) is 0 Å². The van der Waals surface area contributed by atoms with Crippen molar-refractivity contribution in [3.05, 3.63) is 33.8 Å². The maximum atomic E-state index is 11.9. The van der Waals surface area contributed by atoms with Gasteiger partial charge in [-0.15, -0.1) is 0 Å². The molecular formula is C14H19Cl2N3O3. The van der Waals surface area contributed by atoms with Crippen molar-refractivity contribution in [3.8, 4) is 0 Å². The third-order valence-corrected chi connectivity index (χ3v) is 3.36. The van der Waals surface area contributed by atoms with Crippen LogP contribution in [0.15, 0.2) is 18.2 Å². The summed E-state index contributed by atoms with van der Waals surface area (Å²) in [5.74, 6) is 0. The standard InChI is InChI=1S/C14H19Cl2N3O3/c1-14(2,3)22-13(21)19-10(7-18-12(17)20)8-5-4-6-9(15)11(8)16/h4-6,10H,7H2,1-3H3,(H,19,21)(H3,17,18,20). The molecule has 3 amide bonds. The Labute approximate surface area is 139 Å². The molecule has 22 heavy (non-hydrogen) atoms. The normalized spacial score (nSPS) is 12.4. The minimum absolute atomic E-state index is 0.0502. The van der Waals surface area contributed by atoms with Crippen molar-refractivity contribution in [2.75, 3.05) is 6.54 Å². The van der Waals surface area contributed by atoms with E-state index in [-0.39, 0.29) is 11.6 Å². The summed E-state index contributed by atoms with van der Waals surface area (Å²) in [4.78, 5) is 22.8. The molecule has 0 aliphatic carbocycles. The second-order valence-corrected chi connectivity index (χ2v) is 6.37. The number of nitrogens with two attached hydrogens (primary N) is 1. The maximum absolute atomic E-state index is 11.9. The Balaban J connectivity index is 2.95. The maximum Gasteiger partial charge on any atom is 0.408 e. The number of hydrogen-bond donors (Lipinski definition) is 3. The molecule has 0 aromatic heterocycles. The smallest absolute Gasteiger partial charge is 0.408 e. The number of carbonyl (C=O) groups is 2. The Kier molecular flexibility index (Phi) is 6.32. The van der Waals surface area contributed by atoms with Crippen LogP contribution in [-0.2, 0) is 4.74 Å². The summed E-state index contributed by atoms with van der Waals surface area (Å²) in [7, 11) is 0. The molecule has 1 rings (SSSR count). The van der Waals surface area contributed by atoms with Gasteiger partial charge in [-0.25, -0.2) is 9.59 Å². The van der Waals surface area contributed by atoms with Crippen molar-refractivity contribution >= 4 is 35.3 Å². The Morgan fingerprint density at radius 1 is 1.32 bits per heavy atom. The Morgan fingerprint density at radius 2 is 1.95 bits per heavy atom. The Bertz CT molecular complexity index is 559. The first-order valence-electron chi connectivity index (χ1n) is 6.57. The minimum Gasteiger partial charge on any atom is -0.444 e. The zero-order valence-electron chi connectivity index (χ0n) is 12.6. The van der Waals surface area contributed by atoms with Gasteiger partial charge in [-0.1, -0.05) is 35.3 Å². The molecule has 0 bridgehead atoms. The third kappa shape index (κ3) is 5.99. The van der Waals surface area contributed by atoms with E-state index in [1.807, 2.05) is 0 Å². The fraction of sp³-hybridized carbons (Fsp3) is 0.429. The largest absolute Gasteiger partial charge is 0.444 e. The van der Waals surface area contributed by atoms with Crippen LogP contribution in [0.5, 0.6) is 0 Å². The van der Waals surface area contributed by atoms with Crippen molar-refractivity contribution in [1.82, 2.24) is 10.6 Å². The fourth-order valence-corrected chi connectivity index (χ4v) is 2.12. The zero-order valence-corrected chi connectivity index (χ0v) is 14.1. The van der Waals surface area contributed by atoms with Crippen LogP contribution in [0, 0.1) is 0 Å². The van der Waals surface area contributed by atoms with E-state index in [1.165, 1.54) is 0 Å². The summed E-state index contributed by atoms with van der Waals surface area (Å²) in [6.45, 7) is 5.29. The number of halogens is 2. The van der Waals surface area contributed by atoms with Crippen LogP contribution in [-0.4, -0.2) is 24.3 Å². The number of rotatable bonds is 4. The van der Waals surface area contributed by atoms with E-state index in [0.717, 1.165) is 0 Å². The van der Waals surface area contributed by atoms with Gasteiger partial charge in [0.2, 0.25) is 0 Å². The summed E-state index contributed by atoms with van der Waals surface area (Å²) in [5, 5.41) is 5.69. The average molecular weight is 348 g/mol. The van der Waals surface area contributed by atoms with E-state index in [4.69, 9.17) is 33.7 Å².